The topological polar surface area (TPSA) is 51.8 Å². The number of hydrogen-bond acceptors (Lipinski definition) is 4. The van der Waals surface area contributed by atoms with E-state index in [2.05, 4.69) is 142 Å². The molecular formula is C52H57GeIrN3O-2. The molecule has 10 rings (SSSR count). The van der Waals surface area contributed by atoms with Gasteiger partial charge in [-0.15, -0.1) is 18.2 Å². The van der Waals surface area contributed by atoms with E-state index in [4.69, 9.17) is 19.4 Å². The Kier molecular flexibility index (Phi) is 13.2. The van der Waals surface area contributed by atoms with Crippen molar-refractivity contribution in [3.8, 4) is 33.6 Å². The Morgan fingerprint density at radius 3 is 2.26 bits per heavy atom. The average Bonchev–Trinajstić information content (AvgIpc) is 3.60. The molecule has 3 aliphatic rings. The number of fused-ring (bicyclic) bond motifs is 6. The van der Waals surface area contributed by atoms with E-state index in [0.717, 1.165) is 68.7 Å². The Balaban J connectivity index is 0.000000177. The Morgan fingerprint density at radius 1 is 0.776 bits per heavy atom. The maximum Gasteiger partial charge on any atom is 0.216 e. The molecule has 1 radical (unpaired) electrons. The van der Waals surface area contributed by atoms with Crippen LogP contribution >= 0.6 is 0 Å². The molecule has 0 spiro atoms. The van der Waals surface area contributed by atoms with Crippen molar-refractivity contribution >= 4 is 39.7 Å². The molecule has 1 unspecified atom stereocenters. The summed E-state index contributed by atoms with van der Waals surface area (Å²) in [6.07, 6.45) is 13.6. The SMILES string of the molecule is CC(C)Cc1cc(-c2[c-]ccc(-c3ccccc3)c2)nc[c]1[Ge]([CH3])([CH3])[CH3].CC(C)c1ccc2c(n1)oc1c(-c3cc(CC4CC5CCC4CC5)ccn3)[c-]ccc12.[Ir]. The van der Waals surface area contributed by atoms with Crippen molar-refractivity contribution < 1.29 is 24.5 Å². The third-order valence-corrected chi connectivity index (χ3v) is 16.6. The molecule has 0 aliphatic heterocycles. The van der Waals surface area contributed by atoms with Gasteiger partial charge in [0.2, 0.25) is 5.71 Å². The summed E-state index contributed by atoms with van der Waals surface area (Å²) in [6, 6.07) is 38.7. The van der Waals surface area contributed by atoms with Crippen molar-refractivity contribution in [3.05, 3.63) is 132 Å². The Bertz CT molecular complexity index is 2480. The third-order valence-electron chi connectivity index (χ3n) is 12.3. The molecule has 301 valence electrons. The van der Waals surface area contributed by atoms with Crippen LogP contribution in [0.3, 0.4) is 0 Å². The molecule has 0 amide bonds. The van der Waals surface area contributed by atoms with Gasteiger partial charge in [-0.3, -0.25) is 0 Å². The fourth-order valence-electron chi connectivity index (χ4n) is 9.31. The summed E-state index contributed by atoms with van der Waals surface area (Å²) < 4.78 is 7.81. The van der Waals surface area contributed by atoms with Crippen molar-refractivity contribution in [1.29, 1.82) is 0 Å². The predicted molar refractivity (Wildman–Crippen MR) is 240 cm³/mol. The summed E-state index contributed by atoms with van der Waals surface area (Å²) in [7, 11) is 0. The largest absolute Gasteiger partial charge is 0.486 e. The van der Waals surface area contributed by atoms with E-state index in [-0.39, 0.29) is 20.1 Å². The van der Waals surface area contributed by atoms with Crippen LogP contribution in [0.4, 0.5) is 0 Å². The number of furan rings is 1. The Morgan fingerprint density at radius 2 is 1.55 bits per heavy atom. The van der Waals surface area contributed by atoms with Crippen LogP contribution in [0.2, 0.25) is 17.3 Å². The molecule has 1 atom stereocenters. The van der Waals surface area contributed by atoms with Crippen LogP contribution in [0.1, 0.15) is 82.5 Å². The first-order chi connectivity index (χ1) is 27.5. The molecule has 6 heteroatoms. The van der Waals surface area contributed by atoms with Gasteiger partial charge in [0.15, 0.2) is 0 Å². The minimum absolute atomic E-state index is 0. The number of benzene rings is 3. The molecule has 4 nitrogen and oxygen atoms in total. The summed E-state index contributed by atoms with van der Waals surface area (Å²) in [6.45, 7) is 8.90. The molecule has 0 saturated heterocycles. The van der Waals surface area contributed by atoms with Crippen molar-refractivity contribution in [1.82, 2.24) is 15.0 Å². The van der Waals surface area contributed by atoms with E-state index >= 15 is 0 Å². The van der Waals surface area contributed by atoms with Crippen LogP contribution in [0, 0.1) is 35.8 Å². The minimum Gasteiger partial charge on any atom is -0.486 e. The van der Waals surface area contributed by atoms with Crippen molar-refractivity contribution in [2.75, 3.05) is 0 Å². The number of aromatic nitrogens is 3. The Labute approximate surface area is 362 Å². The number of hydrogen-bond donors (Lipinski definition) is 0. The van der Waals surface area contributed by atoms with E-state index in [9.17, 15) is 0 Å². The molecular weight excluding hydrogens is 947 g/mol. The van der Waals surface area contributed by atoms with E-state index in [1.54, 1.807) is 0 Å². The van der Waals surface area contributed by atoms with Gasteiger partial charge in [-0.2, -0.15) is 0 Å². The molecule has 58 heavy (non-hydrogen) atoms. The van der Waals surface area contributed by atoms with Gasteiger partial charge < -0.3 is 9.40 Å². The van der Waals surface area contributed by atoms with Crippen LogP contribution in [0.5, 0.6) is 0 Å². The summed E-state index contributed by atoms with van der Waals surface area (Å²) in [4.78, 5) is 14.3. The fraction of sp³-hybridized carbons (Fsp3) is 0.365. The molecule has 0 N–H and O–H groups in total. The molecule has 3 aliphatic carbocycles. The second-order valence-electron chi connectivity index (χ2n) is 18.4. The van der Waals surface area contributed by atoms with Crippen LogP contribution in [0.15, 0.2) is 108 Å². The first kappa shape index (κ1) is 42.2. The van der Waals surface area contributed by atoms with Gasteiger partial charge in [-0.25, -0.2) is 4.98 Å². The Hall–Kier alpha value is -3.90. The first-order valence-electron chi connectivity index (χ1n) is 21.3. The zero-order valence-electron chi connectivity index (χ0n) is 35.2. The zero-order valence-corrected chi connectivity index (χ0v) is 39.7. The van der Waals surface area contributed by atoms with Gasteiger partial charge in [-0.05, 0) is 73.2 Å². The maximum absolute atomic E-state index is 6.28. The molecule has 4 heterocycles. The van der Waals surface area contributed by atoms with E-state index in [1.165, 1.54) is 65.2 Å². The van der Waals surface area contributed by atoms with E-state index in [0.29, 0.717) is 17.5 Å². The standard InChI is InChI=1S/C28H29N2O.C24H28GeN.Ir/c1-17(2)25-11-10-23-22-4-3-5-24(27(22)31-28(23)30-25)26-16-19(12-13-29-26)15-21-14-18-6-8-20(21)9-7-18;1-18(2)14-22-16-24(26-17-23(22)25(3,4)5)21-13-9-12-20(15-21)19-10-7-6-8-11-19;/h3-4,10-13,16-18,20-21H,6-9,14-15H2,1-2H3;6-12,15-18H,14H2,1-5H3;/q2*-1;. The minimum atomic E-state index is -1.93. The molecule has 7 aromatic rings. The quantitative estimate of drug-likeness (QED) is 0.107. The molecule has 3 aromatic carbocycles. The number of rotatable bonds is 9. The fourth-order valence-corrected chi connectivity index (χ4v) is 12.6. The summed E-state index contributed by atoms with van der Waals surface area (Å²) in [5.41, 5.74) is 11.9. The van der Waals surface area contributed by atoms with Gasteiger partial charge in [0.05, 0.1) is 5.58 Å². The molecule has 2 bridgehead atoms. The van der Waals surface area contributed by atoms with Crippen LogP contribution < -0.4 is 4.40 Å². The van der Waals surface area contributed by atoms with Crippen LogP contribution in [0.25, 0.3) is 55.7 Å². The van der Waals surface area contributed by atoms with Gasteiger partial charge in [0.1, 0.15) is 0 Å². The number of nitrogens with zero attached hydrogens (tertiary/aromatic N) is 3. The molecule has 3 fully saturated rings. The summed E-state index contributed by atoms with van der Waals surface area (Å²) >= 11 is -1.93. The molecule has 4 aromatic heterocycles. The summed E-state index contributed by atoms with van der Waals surface area (Å²) in [5.74, 6) is 11.1. The van der Waals surface area contributed by atoms with Gasteiger partial charge in [0.25, 0.3) is 0 Å². The van der Waals surface area contributed by atoms with Crippen LogP contribution in [-0.4, -0.2) is 28.2 Å². The zero-order chi connectivity index (χ0) is 39.7. The monoisotopic (exact) mass is 1010 g/mol. The van der Waals surface area contributed by atoms with Crippen molar-refractivity contribution in [3.63, 3.8) is 0 Å². The normalized spacial score (nSPS) is 17.7. The predicted octanol–water partition coefficient (Wildman–Crippen LogP) is 13.3. The molecule has 3 saturated carbocycles. The van der Waals surface area contributed by atoms with Crippen molar-refractivity contribution in [2.45, 2.75) is 95.8 Å². The van der Waals surface area contributed by atoms with Gasteiger partial charge >= 0.3 is 161 Å². The number of pyridine rings is 3. The van der Waals surface area contributed by atoms with Gasteiger partial charge in [-0.1, -0.05) is 49.3 Å². The second kappa shape index (κ2) is 18.2. The van der Waals surface area contributed by atoms with Crippen molar-refractivity contribution in [2.24, 2.45) is 23.7 Å². The van der Waals surface area contributed by atoms with E-state index < -0.39 is 13.3 Å². The maximum atomic E-state index is 6.28. The average molecular weight is 1000 g/mol. The van der Waals surface area contributed by atoms with Crippen LogP contribution in [-0.2, 0) is 32.9 Å². The first-order valence-corrected chi connectivity index (χ1v) is 28.6. The third kappa shape index (κ3) is 9.43. The van der Waals surface area contributed by atoms with E-state index in [1.807, 2.05) is 18.3 Å². The summed E-state index contributed by atoms with van der Waals surface area (Å²) in [5, 5.41) is 2.15. The van der Waals surface area contributed by atoms with Gasteiger partial charge in [0, 0.05) is 37.4 Å². The second-order valence-corrected chi connectivity index (χ2v) is 29.0. The smallest absolute Gasteiger partial charge is 0.216 e.